The number of aldehydes is 1. The molecule has 52 valence electrons. The fourth-order valence-corrected chi connectivity index (χ4v) is 0.339. The van der Waals surface area contributed by atoms with E-state index in [0.29, 0.717) is 6.29 Å². The normalized spacial score (nSPS) is 12.6. The van der Waals surface area contributed by atoms with Gasteiger partial charge >= 0.3 is 5.97 Å². The zero-order valence-corrected chi connectivity index (χ0v) is 4.78. The van der Waals surface area contributed by atoms with Crippen molar-refractivity contribution in [1.82, 2.24) is 0 Å². The molecule has 0 radical (unpaired) electrons. The molecule has 0 saturated carbocycles. The first kappa shape index (κ1) is 8.10. The van der Waals surface area contributed by atoms with Gasteiger partial charge in [0.2, 0.25) is 0 Å². The molecule has 4 heteroatoms. The Labute approximate surface area is 52.1 Å². The molecule has 0 fully saturated rings. The van der Waals surface area contributed by atoms with Crippen molar-refractivity contribution in [3.63, 3.8) is 0 Å². The van der Waals surface area contributed by atoms with E-state index in [2.05, 4.69) is 0 Å². The maximum absolute atomic E-state index is 9.79. The predicted octanol–water partition coefficient (Wildman–Crippen LogP) is -0.589. The van der Waals surface area contributed by atoms with E-state index in [0.717, 1.165) is 0 Å². The summed E-state index contributed by atoms with van der Waals surface area (Å²) in [5.41, 5.74) is 0. The highest BCUT2D eigenvalue weighted by atomic mass is 16.4. The molecule has 0 aliphatic rings. The number of aliphatic hydroxyl groups is 1. The molecule has 0 aromatic rings. The van der Waals surface area contributed by atoms with E-state index in [1.165, 1.54) is 0 Å². The number of carboxylic acids is 1. The highest BCUT2D eigenvalue weighted by Gasteiger charge is 2.03. The Balaban J connectivity index is 3.26. The van der Waals surface area contributed by atoms with E-state index in [-0.39, 0.29) is 12.8 Å². The van der Waals surface area contributed by atoms with E-state index in [1.54, 1.807) is 0 Å². The van der Waals surface area contributed by atoms with E-state index in [1.807, 2.05) is 0 Å². The standard InChI is InChI=1S/C5H8O4/c6-3-4(7)1-2-5(8)9/h3-4,7H,1-2H2,(H,8,9)/t4-/m0/s1. The molecule has 0 saturated heterocycles. The van der Waals surface area contributed by atoms with Crippen molar-refractivity contribution in [1.29, 1.82) is 0 Å². The zero-order valence-electron chi connectivity index (χ0n) is 4.78. The highest BCUT2D eigenvalue weighted by Crippen LogP contribution is 1.92. The van der Waals surface area contributed by atoms with Gasteiger partial charge in [-0.15, -0.1) is 0 Å². The second-order valence-electron chi connectivity index (χ2n) is 1.64. The maximum Gasteiger partial charge on any atom is 0.303 e. The van der Waals surface area contributed by atoms with E-state index >= 15 is 0 Å². The van der Waals surface area contributed by atoms with Gasteiger partial charge < -0.3 is 15.0 Å². The molecule has 0 bridgehead atoms. The lowest BCUT2D eigenvalue weighted by Crippen LogP contribution is -2.09. The second-order valence-corrected chi connectivity index (χ2v) is 1.64. The Kier molecular flexibility index (Phi) is 3.62. The summed E-state index contributed by atoms with van der Waals surface area (Å²) >= 11 is 0. The van der Waals surface area contributed by atoms with Crippen LogP contribution in [0.1, 0.15) is 12.8 Å². The van der Waals surface area contributed by atoms with E-state index in [9.17, 15) is 9.59 Å². The van der Waals surface area contributed by atoms with E-state index in [4.69, 9.17) is 10.2 Å². The fourth-order valence-electron chi connectivity index (χ4n) is 0.339. The molecule has 2 N–H and O–H groups in total. The third-order valence-electron chi connectivity index (χ3n) is 0.811. The van der Waals surface area contributed by atoms with Gasteiger partial charge in [-0.3, -0.25) is 4.79 Å². The van der Waals surface area contributed by atoms with Crippen LogP contribution in [0.4, 0.5) is 0 Å². The van der Waals surface area contributed by atoms with Gasteiger partial charge in [0, 0.05) is 6.42 Å². The first-order valence-corrected chi connectivity index (χ1v) is 2.52. The van der Waals surface area contributed by atoms with Gasteiger partial charge in [0.25, 0.3) is 0 Å². The Morgan fingerprint density at radius 2 is 2.22 bits per heavy atom. The summed E-state index contributed by atoms with van der Waals surface area (Å²) in [6.45, 7) is 0. The van der Waals surface area contributed by atoms with Crippen molar-refractivity contribution in [2.24, 2.45) is 0 Å². The van der Waals surface area contributed by atoms with Gasteiger partial charge in [-0.2, -0.15) is 0 Å². The molecule has 0 heterocycles. The van der Waals surface area contributed by atoms with Crippen molar-refractivity contribution < 1.29 is 19.8 Å². The largest absolute Gasteiger partial charge is 0.481 e. The van der Waals surface area contributed by atoms with Crippen molar-refractivity contribution in [2.45, 2.75) is 18.9 Å². The smallest absolute Gasteiger partial charge is 0.303 e. The molecule has 0 rings (SSSR count). The number of hydrogen-bond acceptors (Lipinski definition) is 3. The third-order valence-corrected chi connectivity index (χ3v) is 0.811. The van der Waals surface area contributed by atoms with Gasteiger partial charge in [0.15, 0.2) is 0 Å². The van der Waals surface area contributed by atoms with Crippen molar-refractivity contribution in [3.05, 3.63) is 0 Å². The van der Waals surface area contributed by atoms with Crippen molar-refractivity contribution >= 4 is 12.3 Å². The minimum absolute atomic E-state index is 0.00116. The second kappa shape index (κ2) is 4.03. The Morgan fingerprint density at radius 1 is 1.67 bits per heavy atom. The monoisotopic (exact) mass is 132 g/mol. The number of rotatable bonds is 4. The van der Waals surface area contributed by atoms with Crippen molar-refractivity contribution in [3.8, 4) is 0 Å². The SMILES string of the molecule is O=C[C@@H](O)CCC(=O)O. The predicted molar refractivity (Wildman–Crippen MR) is 28.9 cm³/mol. The van der Waals surface area contributed by atoms with Crippen LogP contribution in [0.25, 0.3) is 0 Å². The fraction of sp³-hybridized carbons (Fsp3) is 0.600. The van der Waals surface area contributed by atoms with Gasteiger partial charge in [-0.1, -0.05) is 0 Å². The summed E-state index contributed by atoms with van der Waals surface area (Å²) < 4.78 is 0. The summed E-state index contributed by atoms with van der Waals surface area (Å²) in [5.74, 6) is -1.00. The molecular weight excluding hydrogens is 124 g/mol. The molecule has 0 aromatic heterocycles. The number of hydrogen-bond donors (Lipinski definition) is 2. The van der Waals surface area contributed by atoms with Gasteiger partial charge in [0.1, 0.15) is 12.4 Å². The van der Waals surface area contributed by atoms with Crippen LogP contribution in [-0.2, 0) is 9.59 Å². The minimum atomic E-state index is -1.12. The highest BCUT2D eigenvalue weighted by molar-refractivity contribution is 5.67. The van der Waals surface area contributed by atoms with Gasteiger partial charge in [-0.05, 0) is 6.42 Å². The molecule has 1 atom stereocenters. The number of carbonyl (C=O) groups is 2. The first-order chi connectivity index (χ1) is 4.16. The summed E-state index contributed by atoms with van der Waals surface area (Å²) in [6, 6.07) is 0. The molecule has 0 aliphatic heterocycles. The summed E-state index contributed by atoms with van der Waals surface area (Å²) in [6.07, 6.45) is -0.970. The number of carbonyl (C=O) groups excluding carboxylic acids is 1. The van der Waals surface area contributed by atoms with Gasteiger partial charge in [0.05, 0.1) is 0 Å². The van der Waals surface area contributed by atoms with Gasteiger partial charge in [-0.25, -0.2) is 0 Å². The number of aliphatic carboxylic acids is 1. The average molecular weight is 132 g/mol. The maximum atomic E-state index is 9.79. The molecule has 4 nitrogen and oxygen atoms in total. The molecule has 0 aliphatic carbocycles. The van der Waals surface area contributed by atoms with Crippen LogP contribution < -0.4 is 0 Å². The van der Waals surface area contributed by atoms with Crippen LogP contribution in [0.2, 0.25) is 0 Å². The molecule has 0 unspecified atom stereocenters. The topological polar surface area (TPSA) is 74.6 Å². The third kappa shape index (κ3) is 4.96. The number of aliphatic hydroxyl groups excluding tert-OH is 1. The van der Waals surface area contributed by atoms with Crippen LogP contribution in [0.3, 0.4) is 0 Å². The summed E-state index contributed by atoms with van der Waals surface area (Å²) in [7, 11) is 0. The lowest BCUT2D eigenvalue weighted by molar-refractivity contribution is -0.137. The average Bonchev–Trinajstić information content (AvgIpc) is 1.83. The Morgan fingerprint density at radius 3 is 2.56 bits per heavy atom. The molecule has 9 heavy (non-hydrogen) atoms. The number of carboxylic acid groups (broad SMARTS) is 1. The summed E-state index contributed by atoms with van der Waals surface area (Å²) in [5, 5.41) is 16.5. The Bertz CT molecular complexity index is 110. The minimum Gasteiger partial charge on any atom is -0.481 e. The molecular formula is C5H8O4. The van der Waals surface area contributed by atoms with Crippen LogP contribution in [-0.4, -0.2) is 28.6 Å². The zero-order chi connectivity index (χ0) is 7.28. The van der Waals surface area contributed by atoms with E-state index < -0.39 is 12.1 Å². The Hall–Kier alpha value is -0.900. The quantitative estimate of drug-likeness (QED) is 0.501. The van der Waals surface area contributed by atoms with Crippen LogP contribution >= 0.6 is 0 Å². The van der Waals surface area contributed by atoms with Crippen LogP contribution in [0.15, 0.2) is 0 Å². The van der Waals surface area contributed by atoms with Crippen LogP contribution in [0, 0.1) is 0 Å². The lowest BCUT2D eigenvalue weighted by atomic mass is 10.2. The van der Waals surface area contributed by atoms with Crippen LogP contribution in [0.5, 0.6) is 0 Å². The first-order valence-electron chi connectivity index (χ1n) is 2.52. The summed E-state index contributed by atoms with van der Waals surface area (Å²) in [4.78, 5) is 19.5. The van der Waals surface area contributed by atoms with Crippen molar-refractivity contribution in [2.75, 3.05) is 0 Å². The molecule has 0 amide bonds. The lowest BCUT2D eigenvalue weighted by Gasteiger charge is -1.96. The molecule has 0 spiro atoms. The molecule has 0 aromatic carbocycles.